The van der Waals surface area contributed by atoms with Crippen LogP contribution in [-0.2, 0) is 9.53 Å². The summed E-state index contributed by atoms with van der Waals surface area (Å²) in [5.41, 5.74) is 0.0751. The van der Waals surface area contributed by atoms with E-state index in [2.05, 4.69) is 6.92 Å². The second kappa shape index (κ2) is 9.73. The Bertz CT molecular complexity index is 694. The summed E-state index contributed by atoms with van der Waals surface area (Å²) in [6.45, 7) is 5.65. The van der Waals surface area contributed by atoms with Crippen molar-refractivity contribution in [3.63, 3.8) is 0 Å². The zero-order chi connectivity index (χ0) is 20.0. The van der Waals surface area contributed by atoms with Crippen LogP contribution in [0.4, 0.5) is 5.69 Å². The Kier molecular flexibility index (Phi) is 7.65. The molecule has 1 amide bonds. The SMILES string of the molecule is CCCCCC1SCC(C(=O)OC(C)C)N1C(=O)c1cccc([N+](=O)[O-])c1. The number of carbonyl (C=O) groups is 2. The highest BCUT2D eigenvalue weighted by atomic mass is 32.2. The topological polar surface area (TPSA) is 89.8 Å². The molecule has 8 heteroatoms. The average molecular weight is 394 g/mol. The first kappa shape index (κ1) is 21.2. The van der Waals surface area contributed by atoms with Gasteiger partial charge in [-0.2, -0.15) is 0 Å². The van der Waals surface area contributed by atoms with Crippen LogP contribution in [0.3, 0.4) is 0 Å². The summed E-state index contributed by atoms with van der Waals surface area (Å²) in [5, 5.41) is 10.9. The fraction of sp³-hybridized carbons (Fsp3) is 0.579. The summed E-state index contributed by atoms with van der Waals surface area (Å²) in [6, 6.07) is 4.97. The van der Waals surface area contributed by atoms with E-state index >= 15 is 0 Å². The van der Waals surface area contributed by atoms with Crippen molar-refractivity contribution in [1.82, 2.24) is 4.90 Å². The number of benzene rings is 1. The monoisotopic (exact) mass is 394 g/mol. The van der Waals surface area contributed by atoms with Crippen molar-refractivity contribution in [2.24, 2.45) is 0 Å². The molecule has 1 aliphatic rings. The fourth-order valence-corrected chi connectivity index (χ4v) is 4.46. The highest BCUT2D eigenvalue weighted by molar-refractivity contribution is 8.00. The zero-order valence-electron chi connectivity index (χ0n) is 15.9. The van der Waals surface area contributed by atoms with Crippen LogP contribution in [-0.4, -0.2) is 45.0 Å². The molecule has 1 heterocycles. The molecule has 2 rings (SSSR count). The van der Waals surface area contributed by atoms with Crippen molar-refractivity contribution >= 4 is 29.3 Å². The van der Waals surface area contributed by atoms with Crippen LogP contribution >= 0.6 is 11.8 Å². The second-order valence-corrected chi connectivity index (χ2v) is 8.02. The van der Waals surface area contributed by atoms with E-state index in [1.54, 1.807) is 36.6 Å². The van der Waals surface area contributed by atoms with Gasteiger partial charge in [0.05, 0.1) is 16.4 Å². The number of carbonyl (C=O) groups excluding carboxylic acids is 2. The number of nitro benzene ring substituents is 1. The van der Waals surface area contributed by atoms with Gasteiger partial charge < -0.3 is 9.64 Å². The van der Waals surface area contributed by atoms with Crippen LogP contribution in [0.25, 0.3) is 0 Å². The van der Waals surface area contributed by atoms with Gasteiger partial charge in [0.15, 0.2) is 0 Å². The maximum atomic E-state index is 13.1. The van der Waals surface area contributed by atoms with E-state index in [9.17, 15) is 19.7 Å². The molecule has 0 saturated carbocycles. The van der Waals surface area contributed by atoms with Crippen LogP contribution < -0.4 is 0 Å². The van der Waals surface area contributed by atoms with Gasteiger partial charge in [0, 0.05) is 23.4 Å². The molecular formula is C19H26N2O5S. The number of unbranched alkanes of at least 4 members (excludes halogenated alkanes) is 2. The molecule has 1 aromatic carbocycles. The maximum absolute atomic E-state index is 13.1. The summed E-state index contributed by atoms with van der Waals surface area (Å²) < 4.78 is 5.33. The first-order valence-corrected chi connectivity index (χ1v) is 10.3. The van der Waals surface area contributed by atoms with Crippen LogP contribution in [0, 0.1) is 10.1 Å². The van der Waals surface area contributed by atoms with Crippen LogP contribution in [0.15, 0.2) is 24.3 Å². The first-order valence-electron chi connectivity index (χ1n) is 9.24. The number of nitro groups is 1. The average Bonchev–Trinajstić information content (AvgIpc) is 3.05. The van der Waals surface area contributed by atoms with Crippen molar-refractivity contribution < 1.29 is 19.2 Å². The molecule has 0 radical (unpaired) electrons. The number of rotatable bonds is 8. The minimum atomic E-state index is -0.671. The van der Waals surface area contributed by atoms with Gasteiger partial charge in [-0.15, -0.1) is 11.8 Å². The highest BCUT2D eigenvalue weighted by Crippen LogP contribution is 2.35. The number of amides is 1. The number of thioether (sulfide) groups is 1. The number of hydrogen-bond donors (Lipinski definition) is 0. The van der Waals surface area contributed by atoms with Crippen molar-refractivity contribution in [2.75, 3.05) is 5.75 Å². The Morgan fingerprint density at radius 3 is 2.74 bits per heavy atom. The van der Waals surface area contributed by atoms with Gasteiger partial charge >= 0.3 is 5.97 Å². The van der Waals surface area contributed by atoms with Crippen molar-refractivity contribution in [3.8, 4) is 0 Å². The molecule has 2 unspecified atom stereocenters. The van der Waals surface area contributed by atoms with Gasteiger partial charge in [0.2, 0.25) is 0 Å². The third-order valence-electron chi connectivity index (χ3n) is 4.31. The first-order chi connectivity index (χ1) is 12.8. The van der Waals surface area contributed by atoms with Gasteiger partial charge in [0.25, 0.3) is 11.6 Å². The lowest BCUT2D eigenvalue weighted by Crippen LogP contribution is -2.46. The van der Waals surface area contributed by atoms with Gasteiger partial charge in [-0.25, -0.2) is 4.79 Å². The molecule has 0 aliphatic carbocycles. The molecule has 1 fully saturated rings. The fourth-order valence-electron chi connectivity index (χ4n) is 3.02. The quantitative estimate of drug-likeness (QED) is 0.286. The van der Waals surface area contributed by atoms with Crippen LogP contribution in [0.1, 0.15) is 56.8 Å². The minimum Gasteiger partial charge on any atom is -0.461 e. The lowest BCUT2D eigenvalue weighted by Gasteiger charge is -2.29. The zero-order valence-corrected chi connectivity index (χ0v) is 16.7. The summed E-state index contributed by atoms with van der Waals surface area (Å²) in [6.07, 6.45) is 3.59. The van der Waals surface area contributed by atoms with E-state index in [4.69, 9.17) is 4.74 Å². The molecule has 0 aromatic heterocycles. The van der Waals surface area contributed by atoms with Crippen LogP contribution in [0.5, 0.6) is 0 Å². The molecule has 7 nitrogen and oxygen atoms in total. The standard InChI is InChI=1S/C19H26N2O5S/c1-4-5-6-10-17-20(16(12-27-17)19(23)26-13(2)3)18(22)14-8-7-9-15(11-14)21(24)25/h7-9,11,13,16-17H,4-6,10,12H2,1-3H3. The number of ether oxygens (including phenoxy) is 1. The Labute approximate surface area is 163 Å². The van der Waals surface area contributed by atoms with Gasteiger partial charge in [0.1, 0.15) is 6.04 Å². The Balaban J connectivity index is 2.27. The van der Waals surface area contributed by atoms with Crippen LogP contribution in [0.2, 0.25) is 0 Å². The second-order valence-electron chi connectivity index (χ2n) is 6.81. The highest BCUT2D eigenvalue weighted by Gasteiger charge is 2.42. The smallest absolute Gasteiger partial charge is 0.330 e. The lowest BCUT2D eigenvalue weighted by atomic mass is 10.1. The van der Waals surface area contributed by atoms with E-state index in [1.807, 2.05) is 0 Å². The summed E-state index contributed by atoms with van der Waals surface area (Å²) in [4.78, 5) is 37.7. The van der Waals surface area contributed by atoms with E-state index in [1.165, 1.54) is 18.2 Å². The molecule has 148 valence electrons. The van der Waals surface area contributed by atoms with Gasteiger partial charge in [-0.1, -0.05) is 32.3 Å². The number of esters is 1. The Morgan fingerprint density at radius 1 is 1.37 bits per heavy atom. The summed E-state index contributed by atoms with van der Waals surface area (Å²) >= 11 is 1.57. The Hall–Kier alpha value is -2.09. The molecule has 0 bridgehead atoms. The lowest BCUT2D eigenvalue weighted by molar-refractivity contribution is -0.384. The normalized spacial score (nSPS) is 19.3. The van der Waals surface area contributed by atoms with Crippen molar-refractivity contribution in [2.45, 2.75) is 64.0 Å². The minimum absolute atomic E-state index is 0.131. The third-order valence-corrected chi connectivity index (χ3v) is 5.67. The molecular weight excluding hydrogens is 368 g/mol. The van der Waals surface area contributed by atoms with Gasteiger partial charge in [-0.3, -0.25) is 14.9 Å². The van der Waals surface area contributed by atoms with Crippen molar-refractivity contribution in [1.29, 1.82) is 0 Å². The van der Waals surface area contributed by atoms with E-state index in [0.29, 0.717) is 5.75 Å². The third kappa shape index (κ3) is 5.45. The number of non-ortho nitro benzene ring substituents is 1. The molecule has 27 heavy (non-hydrogen) atoms. The predicted molar refractivity (Wildman–Crippen MR) is 105 cm³/mol. The molecule has 1 aliphatic heterocycles. The van der Waals surface area contributed by atoms with Crippen molar-refractivity contribution in [3.05, 3.63) is 39.9 Å². The molecule has 1 aromatic rings. The molecule has 0 N–H and O–H groups in total. The van der Waals surface area contributed by atoms with Gasteiger partial charge in [-0.05, 0) is 26.3 Å². The maximum Gasteiger partial charge on any atom is 0.330 e. The summed E-state index contributed by atoms with van der Waals surface area (Å²) in [7, 11) is 0. The number of nitrogens with zero attached hydrogens (tertiary/aromatic N) is 2. The van der Waals surface area contributed by atoms with E-state index in [-0.39, 0.29) is 28.6 Å². The summed E-state index contributed by atoms with van der Waals surface area (Å²) in [5.74, 6) is -0.312. The van der Waals surface area contributed by atoms with E-state index in [0.717, 1.165) is 25.7 Å². The number of hydrogen-bond acceptors (Lipinski definition) is 6. The molecule has 2 atom stereocenters. The molecule has 1 saturated heterocycles. The van der Waals surface area contributed by atoms with E-state index < -0.39 is 16.9 Å². The largest absolute Gasteiger partial charge is 0.461 e. The molecule has 0 spiro atoms. The predicted octanol–water partition coefficient (Wildman–Crippen LogP) is 4.01. The Morgan fingerprint density at radius 2 is 2.11 bits per heavy atom.